The fourth-order valence-corrected chi connectivity index (χ4v) is 3.01. The van der Waals surface area contributed by atoms with Crippen molar-refractivity contribution in [2.24, 2.45) is 0 Å². The van der Waals surface area contributed by atoms with Crippen molar-refractivity contribution in [3.05, 3.63) is 24.3 Å². The van der Waals surface area contributed by atoms with Crippen molar-refractivity contribution in [3.8, 4) is 5.75 Å². The second kappa shape index (κ2) is 8.24. The minimum absolute atomic E-state index is 0.132. The number of likely N-dealkylation sites (N-methyl/N-ethyl adjacent to an activating group) is 1. The maximum absolute atomic E-state index is 12.1. The van der Waals surface area contributed by atoms with Crippen molar-refractivity contribution in [2.75, 3.05) is 25.0 Å². The zero-order chi connectivity index (χ0) is 15.9. The minimum Gasteiger partial charge on any atom is -0.435 e. The fraction of sp³-hybridized carbons (Fsp3) is 0.533. The van der Waals surface area contributed by atoms with Gasteiger partial charge in [0.1, 0.15) is 11.8 Å². The highest BCUT2D eigenvalue weighted by Gasteiger charge is 2.26. The van der Waals surface area contributed by atoms with E-state index in [1.807, 2.05) is 0 Å². The Kier molecular flexibility index (Phi) is 6.33. The summed E-state index contributed by atoms with van der Waals surface area (Å²) < 4.78 is 28.4. The molecule has 2 rings (SSSR count). The molecule has 1 aliphatic heterocycles. The van der Waals surface area contributed by atoms with E-state index >= 15 is 0 Å². The third-order valence-electron chi connectivity index (χ3n) is 3.93. The number of thiocarbonyl (C=S) groups is 1. The zero-order valence-corrected chi connectivity index (χ0v) is 13.4. The summed E-state index contributed by atoms with van der Waals surface area (Å²) in [7, 11) is 0. The van der Waals surface area contributed by atoms with E-state index in [1.54, 1.807) is 17.0 Å². The van der Waals surface area contributed by atoms with Gasteiger partial charge in [0.05, 0.1) is 19.6 Å². The van der Waals surface area contributed by atoms with Gasteiger partial charge in [-0.25, -0.2) is 0 Å². The van der Waals surface area contributed by atoms with Crippen LogP contribution in [0.2, 0.25) is 0 Å². The van der Waals surface area contributed by atoms with E-state index in [0.717, 1.165) is 18.8 Å². The van der Waals surface area contributed by atoms with Crippen LogP contribution in [-0.2, 0) is 0 Å². The summed E-state index contributed by atoms with van der Waals surface area (Å²) in [6.07, 6.45) is 2.49. The summed E-state index contributed by atoms with van der Waals surface area (Å²) in [6, 6.07) is 6.88. The van der Waals surface area contributed by atoms with Crippen molar-refractivity contribution in [2.45, 2.75) is 32.4 Å². The lowest BCUT2D eigenvalue weighted by Crippen LogP contribution is -3.14. The number of quaternary nitrogens is 1. The fourth-order valence-electron chi connectivity index (χ4n) is 2.81. The van der Waals surface area contributed by atoms with Crippen molar-refractivity contribution >= 4 is 23.0 Å². The highest BCUT2D eigenvalue weighted by Crippen LogP contribution is 2.17. The third kappa shape index (κ3) is 5.06. The average molecular weight is 330 g/mol. The van der Waals surface area contributed by atoms with Gasteiger partial charge in [0.2, 0.25) is 0 Å². The topological polar surface area (TPSA) is 37.7 Å². The summed E-state index contributed by atoms with van der Waals surface area (Å²) >= 11 is 5.27. The van der Waals surface area contributed by atoms with Crippen LogP contribution in [-0.4, -0.2) is 37.4 Å². The van der Waals surface area contributed by atoms with Crippen LogP contribution in [0.15, 0.2) is 24.3 Å². The molecule has 1 aromatic carbocycles. The van der Waals surface area contributed by atoms with Crippen LogP contribution in [0.1, 0.15) is 19.8 Å². The second-order valence-electron chi connectivity index (χ2n) is 5.34. The van der Waals surface area contributed by atoms with Gasteiger partial charge in [-0.2, -0.15) is 8.78 Å². The predicted molar refractivity (Wildman–Crippen MR) is 86.7 cm³/mol. The van der Waals surface area contributed by atoms with E-state index in [-0.39, 0.29) is 5.75 Å². The zero-order valence-electron chi connectivity index (χ0n) is 12.6. The maximum Gasteiger partial charge on any atom is 0.387 e. The number of benzene rings is 1. The van der Waals surface area contributed by atoms with Crippen LogP contribution in [0.4, 0.5) is 14.5 Å². The molecule has 122 valence electrons. The molecule has 3 N–H and O–H groups in total. The lowest BCUT2D eigenvalue weighted by Gasteiger charge is -2.21. The Labute approximate surface area is 134 Å². The number of rotatable bonds is 6. The van der Waals surface area contributed by atoms with Crippen LogP contribution in [0.3, 0.4) is 0 Å². The Hall–Kier alpha value is -1.47. The van der Waals surface area contributed by atoms with E-state index in [2.05, 4.69) is 22.3 Å². The number of alkyl halides is 2. The lowest BCUT2D eigenvalue weighted by molar-refractivity contribution is -0.909. The molecule has 1 saturated heterocycles. The SMILES string of the molecule is CC[NH+]1CCC[C@@H]1CNC(=S)Nc1ccc(OC(F)F)cc1. The molecule has 7 heteroatoms. The van der Waals surface area contributed by atoms with E-state index in [1.165, 1.54) is 31.5 Å². The van der Waals surface area contributed by atoms with Crippen molar-refractivity contribution < 1.29 is 18.4 Å². The van der Waals surface area contributed by atoms with E-state index in [4.69, 9.17) is 12.2 Å². The largest absolute Gasteiger partial charge is 0.435 e. The molecule has 0 radical (unpaired) electrons. The quantitative estimate of drug-likeness (QED) is 0.694. The van der Waals surface area contributed by atoms with Crippen LogP contribution in [0.5, 0.6) is 5.75 Å². The summed E-state index contributed by atoms with van der Waals surface area (Å²) in [5.74, 6) is 0.132. The first kappa shape index (κ1) is 16.9. The first-order valence-electron chi connectivity index (χ1n) is 7.52. The van der Waals surface area contributed by atoms with Crippen LogP contribution >= 0.6 is 12.2 Å². The lowest BCUT2D eigenvalue weighted by atomic mass is 10.2. The maximum atomic E-state index is 12.1. The molecular weight excluding hydrogens is 308 g/mol. The number of halogens is 2. The Morgan fingerprint density at radius 3 is 2.77 bits per heavy atom. The first-order chi connectivity index (χ1) is 10.6. The molecule has 2 atom stereocenters. The molecule has 22 heavy (non-hydrogen) atoms. The number of anilines is 1. The molecule has 4 nitrogen and oxygen atoms in total. The smallest absolute Gasteiger partial charge is 0.387 e. The van der Waals surface area contributed by atoms with Crippen LogP contribution in [0, 0.1) is 0 Å². The summed E-state index contributed by atoms with van der Waals surface area (Å²) in [6.45, 7) is 2.61. The summed E-state index contributed by atoms with van der Waals surface area (Å²) in [4.78, 5) is 1.61. The molecule has 0 bridgehead atoms. The molecule has 0 aliphatic carbocycles. The molecule has 0 amide bonds. The normalized spacial score (nSPS) is 20.9. The van der Waals surface area contributed by atoms with Gasteiger partial charge in [-0.3, -0.25) is 0 Å². The average Bonchev–Trinajstić information content (AvgIpc) is 2.94. The predicted octanol–water partition coefficient (Wildman–Crippen LogP) is 1.64. The van der Waals surface area contributed by atoms with Crippen molar-refractivity contribution in [1.29, 1.82) is 0 Å². The molecule has 1 aliphatic rings. The van der Waals surface area contributed by atoms with Gasteiger partial charge in [0.25, 0.3) is 0 Å². The van der Waals surface area contributed by atoms with Gasteiger partial charge >= 0.3 is 6.61 Å². The Balaban J connectivity index is 1.77. The van der Waals surface area contributed by atoms with Crippen LogP contribution < -0.4 is 20.3 Å². The van der Waals surface area contributed by atoms with Crippen molar-refractivity contribution in [1.82, 2.24) is 5.32 Å². The first-order valence-corrected chi connectivity index (χ1v) is 7.93. The molecule has 1 unspecified atom stereocenters. The standard InChI is InChI=1S/C15H21F2N3OS/c1-2-20-9-3-4-12(20)10-18-15(22)19-11-5-7-13(8-6-11)21-14(16)17/h5-8,12,14H,2-4,9-10H2,1H3,(H2,18,19,22)/p+1/t12-/m1/s1. The minimum atomic E-state index is -2.81. The number of hydrogen-bond acceptors (Lipinski definition) is 2. The molecule has 0 spiro atoms. The Bertz CT molecular complexity index is 484. The number of hydrogen-bond donors (Lipinski definition) is 3. The number of likely N-dealkylation sites (tertiary alicyclic amines) is 1. The molecule has 0 saturated carbocycles. The van der Waals surface area contributed by atoms with E-state index in [0.29, 0.717) is 11.2 Å². The highest BCUT2D eigenvalue weighted by atomic mass is 32.1. The Morgan fingerprint density at radius 2 is 2.14 bits per heavy atom. The summed E-state index contributed by atoms with van der Waals surface area (Å²) in [5, 5.41) is 6.83. The Morgan fingerprint density at radius 1 is 1.41 bits per heavy atom. The van der Waals surface area contributed by atoms with Gasteiger partial charge in [-0.1, -0.05) is 0 Å². The second-order valence-corrected chi connectivity index (χ2v) is 5.75. The highest BCUT2D eigenvalue weighted by molar-refractivity contribution is 7.80. The number of ether oxygens (including phenoxy) is 1. The molecule has 1 aromatic rings. The monoisotopic (exact) mass is 330 g/mol. The number of nitrogens with one attached hydrogen (secondary N) is 3. The van der Waals surface area contributed by atoms with Gasteiger partial charge in [0, 0.05) is 18.5 Å². The van der Waals surface area contributed by atoms with Gasteiger partial charge in [-0.15, -0.1) is 0 Å². The van der Waals surface area contributed by atoms with E-state index in [9.17, 15) is 8.78 Å². The van der Waals surface area contributed by atoms with Crippen LogP contribution in [0.25, 0.3) is 0 Å². The van der Waals surface area contributed by atoms with Gasteiger partial charge in [-0.05, 0) is 43.4 Å². The van der Waals surface area contributed by atoms with Crippen molar-refractivity contribution in [3.63, 3.8) is 0 Å². The molecule has 1 heterocycles. The van der Waals surface area contributed by atoms with Gasteiger partial charge < -0.3 is 20.3 Å². The molecular formula is C15H22F2N3OS+. The third-order valence-corrected chi connectivity index (χ3v) is 4.17. The van der Waals surface area contributed by atoms with Gasteiger partial charge in [0.15, 0.2) is 5.11 Å². The molecule has 1 fully saturated rings. The summed E-state index contributed by atoms with van der Waals surface area (Å²) in [5.41, 5.74) is 0.741. The van der Waals surface area contributed by atoms with E-state index < -0.39 is 6.61 Å². The molecule has 0 aromatic heterocycles.